The molecule has 0 amide bonds. The van der Waals surface area contributed by atoms with Crippen LogP contribution in [0.15, 0.2) is 84.9 Å². The second kappa shape index (κ2) is 20.7. The first kappa shape index (κ1) is 48.9. The molecule has 18 heteroatoms. The maximum absolute atomic E-state index is 12.8. The summed E-state index contributed by atoms with van der Waals surface area (Å²) in [5.74, 6) is -2.07. The van der Waals surface area contributed by atoms with Gasteiger partial charge in [0.25, 0.3) is 0 Å². The molecule has 1 unspecified atom stereocenters. The first-order valence-electron chi connectivity index (χ1n) is 18.1. The van der Waals surface area contributed by atoms with E-state index in [1.165, 1.54) is 30.3 Å². The van der Waals surface area contributed by atoms with Crippen molar-refractivity contribution in [2.24, 2.45) is 5.92 Å². The Morgan fingerprint density at radius 3 is 1.40 bits per heavy atom. The van der Waals surface area contributed by atoms with Gasteiger partial charge in [0.1, 0.15) is 11.5 Å². The molecule has 4 aromatic rings. The molecule has 60 heavy (non-hydrogen) atoms. The lowest BCUT2D eigenvalue weighted by molar-refractivity contribution is -0.154. The van der Waals surface area contributed by atoms with E-state index in [4.69, 9.17) is 18.9 Å². The fourth-order valence-corrected chi connectivity index (χ4v) is 5.61. The van der Waals surface area contributed by atoms with Gasteiger partial charge in [0.05, 0.1) is 36.7 Å². The molecule has 4 rings (SSSR count). The average molecular weight is 869 g/mol. The highest BCUT2D eigenvalue weighted by Crippen LogP contribution is 2.39. The molecule has 328 valence electrons. The van der Waals surface area contributed by atoms with E-state index in [0.717, 1.165) is 48.5 Å². The molecule has 0 bridgehead atoms. The van der Waals surface area contributed by atoms with Gasteiger partial charge in [0.15, 0.2) is 13.2 Å². The molecule has 0 aliphatic carbocycles. The fraction of sp³-hybridized carbons (Fsp3) is 0.381. The molecule has 4 aromatic carbocycles. The van der Waals surface area contributed by atoms with Gasteiger partial charge in [-0.25, -0.2) is 0 Å². The third kappa shape index (κ3) is 15.6. The Morgan fingerprint density at radius 1 is 0.567 bits per heavy atom. The van der Waals surface area contributed by atoms with Gasteiger partial charge >= 0.3 is 36.6 Å². The molecule has 0 spiro atoms. The van der Waals surface area contributed by atoms with Crippen LogP contribution in [-0.4, -0.2) is 50.7 Å². The number of hydrogen-bond donors (Lipinski definition) is 0. The molecule has 0 radical (unpaired) electrons. The Labute approximate surface area is 337 Å². The Balaban J connectivity index is 0.000000323. The zero-order chi connectivity index (χ0) is 45.1. The topological polar surface area (TPSA) is 71.1 Å². The maximum Gasteiger partial charge on any atom is 0.422 e. The second-order valence-corrected chi connectivity index (χ2v) is 13.5. The van der Waals surface area contributed by atoms with E-state index >= 15 is 0 Å². The van der Waals surface area contributed by atoms with Crippen molar-refractivity contribution in [2.45, 2.75) is 71.2 Å². The molecule has 0 aliphatic heterocycles. The van der Waals surface area contributed by atoms with Gasteiger partial charge in [-0.05, 0) is 84.8 Å². The van der Waals surface area contributed by atoms with Crippen LogP contribution in [0.2, 0.25) is 0 Å². The lowest BCUT2D eigenvalue weighted by atomic mass is 9.89. The summed E-state index contributed by atoms with van der Waals surface area (Å²) in [6.45, 7) is 4.18. The molecule has 0 heterocycles. The lowest BCUT2D eigenvalue weighted by Crippen LogP contribution is -2.20. The van der Waals surface area contributed by atoms with Crippen LogP contribution in [0.25, 0.3) is 22.3 Å². The van der Waals surface area contributed by atoms with Gasteiger partial charge in [0.2, 0.25) is 0 Å². The quantitative estimate of drug-likeness (QED) is 0.0929. The number of carbonyl (C=O) groups excluding carboxylic acids is 2. The van der Waals surface area contributed by atoms with Crippen LogP contribution in [0.5, 0.6) is 11.5 Å². The van der Waals surface area contributed by atoms with E-state index in [1.807, 2.05) is 13.8 Å². The third-order valence-corrected chi connectivity index (χ3v) is 8.22. The summed E-state index contributed by atoms with van der Waals surface area (Å²) >= 11 is 0. The molecule has 6 nitrogen and oxygen atoms in total. The van der Waals surface area contributed by atoms with Gasteiger partial charge in [0, 0.05) is 11.1 Å². The molecule has 0 N–H and O–H groups in total. The number of ether oxygens (including phenoxy) is 4. The van der Waals surface area contributed by atoms with Gasteiger partial charge in [-0.2, -0.15) is 52.7 Å². The minimum atomic E-state index is -4.62. The molecule has 0 fully saturated rings. The van der Waals surface area contributed by atoms with E-state index in [-0.39, 0.29) is 59.3 Å². The van der Waals surface area contributed by atoms with Crippen molar-refractivity contribution in [3.8, 4) is 33.8 Å². The minimum Gasteiger partial charge on any atom is -0.483 e. The predicted octanol–water partition coefficient (Wildman–Crippen LogP) is 12.4. The van der Waals surface area contributed by atoms with Crippen molar-refractivity contribution in [3.63, 3.8) is 0 Å². The van der Waals surface area contributed by atoms with E-state index in [1.54, 1.807) is 19.9 Å². The van der Waals surface area contributed by atoms with Crippen molar-refractivity contribution in [3.05, 3.63) is 107 Å². The largest absolute Gasteiger partial charge is 0.483 e. The molecular formula is C42H40F12O6. The normalized spacial score (nSPS) is 12.6. The Morgan fingerprint density at radius 2 is 1.00 bits per heavy atom. The summed E-state index contributed by atoms with van der Waals surface area (Å²) in [6.07, 6.45) is -18.1. The number of alkyl halides is 12. The van der Waals surface area contributed by atoms with E-state index in [9.17, 15) is 62.3 Å². The highest BCUT2D eigenvalue weighted by atomic mass is 19.4. The molecule has 1 atom stereocenters. The summed E-state index contributed by atoms with van der Waals surface area (Å²) in [5, 5.41) is 0. The van der Waals surface area contributed by atoms with Crippen LogP contribution in [-0.2, 0) is 37.8 Å². The third-order valence-electron chi connectivity index (χ3n) is 8.22. The van der Waals surface area contributed by atoms with E-state index in [0.29, 0.717) is 17.5 Å². The number of carbonyl (C=O) groups is 2. The Kier molecular flexibility index (Phi) is 16.9. The lowest BCUT2D eigenvalue weighted by Gasteiger charge is -2.21. The zero-order valence-electron chi connectivity index (χ0n) is 32.5. The van der Waals surface area contributed by atoms with Crippen molar-refractivity contribution in [2.75, 3.05) is 26.4 Å². The van der Waals surface area contributed by atoms with E-state index < -0.39 is 66.9 Å². The van der Waals surface area contributed by atoms with Gasteiger partial charge in [-0.3, -0.25) is 9.59 Å². The highest BCUT2D eigenvalue weighted by molar-refractivity contribution is 5.80. The van der Waals surface area contributed by atoms with Crippen LogP contribution in [0.4, 0.5) is 52.7 Å². The van der Waals surface area contributed by atoms with Crippen LogP contribution in [0.1, 0.15) is 62.3 Å². The smallest absolute Gasteiger partial charge is 0.422 e. The van der Waals surface area contributed by atoms with Crippen LogP contribution in [0.3, 0.4) is 0 Å². The van der Waals surface area contributed by atoms with Gasteiger partial charge in [-0.1, -0.05) is 62.4 Å². The van der Waals surface area contributed by atoms with E-state index in [2.05, 4.69) is 0 Å². The maximum atomic E-state index is 12.8. The highest BCUT2D eigenvalue weighted by Gasteiger charge is 2.33. The van der Waals surface area contributed by atoms with Crippen molar-refractivity contribution in [1.82, 2.24) is 0 Å². The predicted molar refractivity (Wildman–Crippen MR) is 196 cm³/mol. The standard InChI is InChI=1S/C23H24F6O3.C19H16F6O3/c1-4-31-21(30)19(11-14(2)3)16-7-10-18(20(12-16)32-13-22(24,25)26)15-5-8-17(9-6-15)23(27,28)29;1-2-27-17(26)10-12-3-8-15(16(9-12)28-11-18(20,21)22)13-4-6-14(7-5-13)19(23,24)25/h5-10,12,14,19H,4,11,13H2,1-3H3;3-9H,2,10-11H2,1H3. The Bertz CT molecular complexity index is 2000. The van der Waals surface area contributed by atoms with Crippen molar-refractivity contribution in [1.29, 1.82) is 0 Å². The minimum absolute atomic E-state index is 0.0959. The second-order valence-electron chi connectivity index (χ2n) is 13.5. The van der Waals surface area contributed by atoms with Crippen LogP contribution < -0.4 is 9.47 Å². The molecule has 0 aromatic heterocycles. The summed E-state index contributed by atoms with van der Waals surface area (Å²) in [6, 6.07) is 16.4. The first-order chi connectivity index (χ1) is 27.8. The first-order valence-corrected chi connectivity index (χ1v) is 18.1. The van der Waals surface area contributed by atoms with Crippen LogP contribution >= 0.6 is 0 Å². The number of benzene rings is 4. The summed E-state index contributed by atoms with van der Waals surface area (Å²) < 4.78 is 172. The zero-order valence-corrected chi connectivity index (χ0v) is 32.5. The van der Waals surface area contributed by atoms with Crippen LogP contribution in [0, 0.1) is 5.92 Å². The molecule has 0 saturated heterocycles. The Hall–Kier alpha value is -5.42. The summed E-state index contributed by atoms with van der Waals surface area (Å²) in [4.78, 5) is 24.0. The SMILES string of the molecule is CCOC(=O)C(CC(C)C)c1ccc(-c2ccc(C(F)(F)F)cc2)c(OCC(F)(F)F)c1.CCOC(=O)Cc1ccc(-c2ccc(C(F)(F)F)cc2)c(OCC(F)(F)F)c1. The summed E-state index contributed by atoms with van der Waals surface area (Å²) in [5.41, 5.74) is -0.158. The average Bonchev–Trinajstić information content (AvgIpc) is 3.14. The van der Waals surface area contributed by atoms with Crippen molar-refractivity contribution < 1.29 is 81.2 Å². The number of halogens is 12. The summed E-state index contributed by atoms with van der Waals surface area (Å²) in [7, 11) is 0. The molecular weight excluding hydrogens is 828 g/mol. The number of rotatable bonds is 14. The van der Waals surface area contributed by atoms with Gasteiger partial charge < -0.3 is 18.9 Å². The fourth-order valence-electron chi connectivity index (χ4n) is 5.61. The molecule has 0 saturated carbocycles. The number of esters is 2. The van der Waals surface area contributed by atoms with Crippen molar-refractivity contribution >= 4 is 11.9 Å². The monoisotopic (exact) mass is 868 g/mol. The molecule has 0 aliphatic rings. The number of hydrogen-bond acceptors (Lipinski definition) is 6. The van der Waals surface area contributed by atoms with Gasteiger partial charge in [-0.15, -0.1) is 0 Å².